The highest BCUT2D eigenvalue weighted by Crippen LogP contribution is 2.29. The minimum atomic E-state index is -0.453. The van der Waals surface area contributed by atoms with E-state index in [1.807, 2.05) is 25.3 Å². The van der Waals surface area contributed by atoms with Crippen LogP contribution in [0.2, 0.25) is 0 Å². The molecule has 2 N–H and O–H groups in total. The van der Waals surface area contributed by atoms with Crippen LogP contribution >= 0.6 is 15.9 Å². The molecule has 0 bridgehead atoms. The second-order valence-electron chi connectivity index (χ2n) is 6.59. The van der Waals surface area contributed by atoms with Crippen LogP contribution in [0.15, 0.2) is 29.1 Å². The maximum atomic E-state index is 14.6. The van der Waals surface area contributed by atoms with E-state index in [-0.39, 0.29) is 17.6 Å². The van der Waals surface area contributed by atoms with Crippen LogP contribution in [0.4, 0.5) is 15.9 Å². The SMILES string of the molecule is CCn1cnc2cc(Br)nc(Nc3cc(C(=O)NC(C)C)c(C)cc3F)c21. The monoisotopic (exact) mass is 433 g/mol. The Morgan fingerprint density at radius 1 is 1.33 bits per heavy atom. The number of rotatable bonds is 5. The zero-order chi connectivity index (χ0) is 19.7. The molecule has 0 radical (unpaired) electrons. The van der Waals surface area contributed by atoms with Crippen LogP contribution in [0.1, 0.15) is 36.7 Å². The van der Waals surface area contributed by atoms with Gasteiger partial charge >= 0.3 is 0 Å². The van der Waals surface area contributed by atoms with Crippen molar-refractivity contribution in [2.45, 2.75) is 40.3 Å². The lowest BCUT2D eigenvalue weighted by molar-refractivity contribution is 0.0942. The minimum absolute atomic E-state index is 0.0105. The number of nitrogens with one attached hydrogen (secondary N) is 2. The second-order valence-corrected chi connectivity index (χ2v) is 7.40. The fourth-order valence-corrected chi connectivity index (χ4v) is 3.27. The Balaban J connectivity index is 2.07. The molecule has 2 heterocycles. The third kappa shape index (κ3) is 3.95. The zero-order valence-electron chi connectivity index (χ0n) is 15.6. The Morgan fingerprint density at radius 2 is 2.07 bits per heavy atom. The normalized spacial score (nSPS) is 11.2. The van der Waals surface area contributed by atoms with E-state index in [4.69, 9.17) is 0 Å². The van der Waals surface area contributed by atoms with Crippen LogP contribution in [0.3, 0.4) is 0 Å². The number of fused-ring (bicyclic) bond motifs is 1. The van der Waals surface area contributed by atoms with Gasteiger partial charge in [-0.05, 0) is 67.4 Å². The van der Waals surface area contributed by atoms with E-state index in [0.29, 0.717) is 28.1 Å². The third-order valence-electron chi connectivity index (χ3n) is 4.14. The van der Waals surface area contributed by atoms with Gasteiger partial charge < -0.3 is 15.2 Å². The number of carbonyl (C=O) groups excluding carboxylic acids is 1. The average molecular weight is 434 g/mol. The molecule has 142 valence electrons. The lowest BCUT2D eigenvalue weighted by atomic mass is 10.1. The molecule has 0 saturated carbocycles. The predicted molar refractivity (Wildman–Crippen MR) is 108 cm³/mol. The van der Waals surface area contributed by atoms with Crippen molar-refractivity contribution in [2.24, 2.45) is 0 Å². The molecule has 0 spiro atoms. The molecule has 0 saturated heterocycles. The molecular formula is C19H21BrFN5O. The summed E-state index contributed by atoms with van der Waals surface area (Å²) in [4.78, 5) is 21.2. The topological polar surface area (TPSA) is 71.8 Å². The first-order valence-corrected chi connectivity index (χ1v) is 9.48. The predicted octanol–water partition coefficient (Wildman–Crippen LogP) is 4.54. The van der Waals surface area contributed by atoms with Crippen molar-refractivity contribution in [3.8, 4) is 0 Å². The molecule has 8 heteroatoms. The number of halogens is 2. The lowest BCUT2D eigenvalue weighted by Crippen LogP contribution is -2.30. The van der Waals surface area contributed by atoms with E-state index in [9.17, 15) is 9.18 Å². The first kappa shape index (κ1) is 19.3. The first-order chi connectivity index (χ1) is 12.8. The Hall–Kier alpha value is -2.48. The number of imidazole rings is 1. The van der Waals surface area contributed by atoms with Gasteiger partial charge in [0.05, 0.1) is 17.5 Å². The molecular weight excluding hydrogens is 413 g/mol. The Morgan fingerprint density at radius 3 is 2.74 bits per heavy atom. The number of hydrogen-bond acceptors (Lipinski definition) is 4. The number of hydrogen-bond donors (Lipinski definition) is 2. The molecule has 0 atom stereocenters. The van der Waals surface area contributed by atoms with Crippen molar-refractivity contribution in [3.05, 3.63) is 46.1 Å². The Bertz CT molecular complexity index is 1010. The van der Waals surface area contributed by atoms with Crippen molar-refractivity contribution in [2.75, 3.05) is 5.32 Å². The molecule has 6 nitrogen and oxygen atoms in total. The number of amides is 1. The van der Waals surface area contributed by atoms with Gasteiger partial charge in [0, 0.05) is 18.2 Å². The van der Waals surface area contributed by atoms with Gasteiger partial charge in [0.25, 0.3) is 5.91 Å². The van der Waals surface area contributed by atoms with Gasteiger partial charge in [-0.3, -0.25) is 4.79 Å². The standard InChI is InChI=1S/C19H21BrFN5O/c1-5-26-9-22-15-8-16(20)25-18(17(15)26)24-14-7-12(11(4)6-13(14)21)19(27)23-10(2)3/h6-10H,5H2,1-4H3,(H,23,27)(H,24,25). The van der Waals surface area contributed by atoms with Gasteiger partial charge in [-0.1, -0.05) is 0 Å². The van der Waals surface area contributed by atoms with Crippen LogP contribution in [-0.4, -0.2) is 26.5 Å². The quantitative estimate of drug-likeness (QED) is 0.579. The van der Waals surface area contributed by atoms with Gasteiger partial charge in [0.15, 0.2) is 5.82 Å². The molecule has 2 aromatic heterocycles. The zero-order valence-corrected chi connectivity index (χ0v) is 17.2. The number of aryl methyl sites for hydroxylation is 2. The van der Waals surface area contributed by atoms with Crippen molar-refractivity contribution in [1.82, 2.24) is 19.9 Å². The summed E-state index contributed by atoms with van der Waals surface area (Å²) in [7, 11) is 0. The van der Waals surface area contributed by atoms with Crippen molar-refractivity contribution < 1.29 is 9.18 Å². The molecule has 27 heavy (non-hydrogen) atoms. The smallest absolute Gasteiger partial charge is 0.251 e. The van der Waals surface area contributed by atoms with Crippen LogP contribution in [0.5, 0.6) is 0 Å². The minimum Gasteiger partial charge on any atom is -0.350 e. The van der Waals surface area contributed by atoms with Gasteiger partial charge in [-0.15, -0.1) is 0 Å². The van der Waals surface area contributed by atoms with E-state index in [1.165, 1.54) is 12.1 Å². The van der Waals surface area contributed by atoms with E-state index in [2.05, 4.69) is 36.5 Å². The number of benzene rings is 1. The molecule has 0 unspecified atom stereocenters. The average Bonchev–Trinajstić information content (AvgIpc) is 2.99. The summed E-state index contributed by atoms with van der Waals surface area (Å²) in [6.07, 6.45) is 1.72. The third-order valence-corrected chi connectivity index (χ3v) is 4.54. The maximum absolute atomic E-state index is 14.6. The number of carbonyl (C=O) groups is 1. The summed E-state index contributed by atoms with van der Waals surface area (Å²) in [5.41, 5.74) is 2.69. The maximum Gasteiger partial charge on any atom is 0.251 e. The van der Waals surface area contributed by atoms with Crippen LogP contribution < -0.4 is 10.6 Å². The number of nitrogens with zero attached hydrogens (tertiary/aromatic N) is 3. The molecule has 1 amide bonds. The van der Waals surface area contributed by atoms with Crippen molar-refractivity contribution >= 4 is 44.4 Å². The summed E-state index contributed by atoms with van der Waals surface area (Å²) >= 11 is 3.36. The van der Waals surface area contributed by atoms with Crippen LogP contribution in [0, 0.1) is 12.7 Å². The molecule has 3 rings (SSSR count). The highest BCUT2D eigenvalue weighted by molar-refractivity contribution is 9.10. The van der Waals surface area contributed by atoms with Crippen molar-refractivity contribution in [1.29, 1.82) is 0 Å². The van der Waals surface area contributed by atoms with Crippen molar-refractivity contribution in [3.63, 3.8) is 0 Å². The van der Waals surface area contributed by atoms with Gasteiger partial charge in [0.2, 0.25) is 0 Å². The summed E-state index contributed by atoms with van der Waals surface area (Å²) in [5.74, 6) is -0.223. The van der Waals surface area contributed by atoms with E-state index in [1.54, 1.807) is 19.3 Å². The largest absolute Gasteiger partial charge is 0.350 e. The fraction of sp³-hybridized carbons (Fsp3) is 0.316. The number of anilines is 2. The molecule has 0 aliphatic rings. The molecule has 0 aliphatic carbocycles. The van der Waals surface area contributed by atoms with E-state index in [0.717, 1.165) is 11.0 Å². The molecule has 1 aromatic carbocycles. The molecule has 3 aromatic rings. The van der Waals surface area contributed by atoms with Gasteiger partial charge in [-0.25, -0.2) is 14.4 Å². The number of pyridine rings is 1. The number of aromatic nitrogens is 3. The summed E-state index contributed by atoms with van der Waals surface area (Å²) < 4.78 is 17.1. The fourth-order valence-electron chi connectivity index (χ4n) is 2.87. The van der Waals surface area contributed by atoms with E-state index < -0.39 is 5.82 Å². The van der Waals surface area contributed by atoms with Crippen LogP contribution in [0.25, 0.3) is 11.0 Å². The highest BCUT2D eigenvalue weighted by Gasteiger charge is 2.17. The van der Waals surface area contributed by atoms with Gasteiger partial charge in [-0.2, -0.15) is 0 Å². The summed E-state index contributed by atoms with van der Waals surface area (Å²) in [5, 5.41) is 5.87. The molecule has 0 fully saturated rings. The van der Waals surface area contributed by atoms with E-state index >= 15 is 0 Å². The second kappa shape index (κ2) is 7.64. The lowest BCUT2D eigenvalue weighted by Gasteiger charge is -2.15. The Kier molecular flexibility index (Phi) is 5.46. The van der Waals surface area contributed by atoms with Crippen LogP contribution in [-0.2, 0) is 6.54 Å². The summed E-state index contributed by atoms with van der Waals surface area (Å²) in [6, 6.07) is 4.66. The molecule has 0 aliphatic heterocycles. The first-order valence-electron chi connectivity index (χ1n) is 8.69. The Labute approximate surface area is 165 Å². The highest BCUT2D eigenvalue weighted by atomic mass is 79.9. The van der Waals surface area contributed by atoms with Gasteiger partial charge in [0.1, 0.15) is 15.9 Å². The summed E-state index contributed by atoms with van der Waals surface area (Å²) in [6.45, 7) is 8.17.